The number of anilines is 1. The fraction of sp³-hybridized carbons (Fsp3) is 0.167. The van der Waals surface area contributed by atoms with Gasteiger partial charge in [0.15, 0.2) is 0 Å². The predicted molar refractivity (Wildman–Crippen MR) is 60.3 cm³/mol. The Kier molecular flexibility index (Phi) is 2.93. The van der Waals surface area contributed by atoms with Crippen molar-refractivity contribution in [3.63, 3.8) is 0 Å². The number of nitrogens with two attached hydrogens (primary N) is 1. The highest BCUT2D eigenvalue weighted by Crippen LogP contribution is 2.06. The Bertz CT molecular complexity index is 426. The molecule has 2 heterocycles. The van der Waals surface area contributed by atoms with Gasteiger partial charge >= 0.3 is 0 Å². The summed E-state index contributed by atoms with van der Waals surface area (Å²) in [6.45, 7) is 0. The van der Waals surface area contributed by atoms with Crippen molar-refractivity contribution in [3.8, 4) is 0 Å². The van der Waals surface area contributed by atoms with E-state index >= 15 is 0 Å². The van der Waals surface area contributed by atoms with Crippen LogP contribution in [0.5, 0.6) is 0 Å². The van der Waals surface area contributed by atoms with Crippen LogP contribution in [0.25, 0.3) is 0 Å². The van der Waals surface area contributed by atoms with E-state index in [0.29, 0.717) is 0 Å². The average Bonchev–Trinajstić information content (AvgIpc) is 2.28. The third-order valence-corrected chi connectivity index (χ3v) is 2.20. The molecule has 2 aromatic heterocycles. The first-order valence-electron chi connectivity index (χ1n) is 4.95. The van der Waals surface area contributed by atoms with Gasteiger partial charge in [-0.15, -0.1) is 0 Å². The Labute approximate surface area is 89.0 Å². The molecule has 0 radical (unpaired) electrons. The zero-order valence-corrected chi connectivity index (χ0v) is 8.43. The summed E-state index contributed by atoms with van der Waals surface area (Å²) in [6, 6.07) is 9.64. The number of aryl methyl sites for hydroxylation is 2. The second kappa shape index (κ2) is 4.55. The van der Waals surface area contributed by atoms with E-state index in [0.717, 1.165) is 29.9 Å². The Balaban J connectivity index is 1.99. The van der Waals surface area contributed by atoms with Crippen molar-refractivity contribution in [1.82, 2.24) is 9.97 Å². The van der Waals surface area contributed by atoms with Crippen molar-refractivity contribution in [1.29, 1.82) is 0 Å². The topological polar surface area (TPSA) is 51.8 Å². The Morgan fingerprint density at radius 3 is 2.47 bits per heavy atom. The van der Waals surface area contributed by atoms with Gasteiger partial charge in [0.1, 0.15) is 0 Å². The Morgan fingerprint density at radius 2 is 1.73 bits per heavy atom. The van der Waals surface area contributed by atoms with E-state index in [1.54, 1.807) is 12.3 Å². The minimum absolute atomic E-state index is 0.765. The summed E-state index contributed by atoms with van der Waals surface area (Å²) < 4.78 is 0. The molecule has 0 spiro atoms. The molecule has 2 aromatic rings. The maximum atomic E-state index is 5.67. The first-order valence-corrected chi connectivity index (χ1v) is 4.95. The molecule has 0 aliphatic rings. The Hall–Kier alpha value is -1.90. The first-order chi connectivity index (χ1) is 7.34. The van der Waals surface area contributed by atoms with Gasteiger partial charge in [-0.05, 0) is 37.1 Å². The van der Waals surface area contributed by atoms with E-state index in [4.69, 9.17) is 5.73 Å². The molecule has 15 heavy (non-hydrogen) atoms. The molecule has 2 rings (SSSR count). The highest BCUT2D eigenvalue weighted by molar-refractivity contribution is 5.37. The number of rotatable bonds is 3. The van der Waals surface area contributed by atoms with Crippen molar-refractivity contribution in [2.45, 2.75) is 12.8 Å². The van der Waals surface area contributed by atoms with Crippen molar-refractivity contribution < 1.29 is 0 Å². The summed E-state index contributed by atoms with van der Waals surface area (Å²) >= 11 is 0. The monoisotopic (exact) mass is 199 g/mol. The van der Waals surface area contributed by atoms with Gasteiger partial charge in [-0.2, -0.15) is 0 Å². The SMILES string of the molecule is Nc1ccnc(CCc2ccccn2)c1. The van der Waals surface area contributed by atoms with Crippen LogP contribution >= 0.6 is 0 Å². The van der Waals surface area contributed by atoms with Gasteiger partial charge in [0.05, 0.1) is 0 Å². The minimum atomic E-state index is 0.765. The van der Waals surface area contributed by atoms with Gasteiger partial charge in [0, 0.05) is 29.5 Å². The lowest BCUT2D eigenvalue weighted by Crippen LogP contribution is -1.97. The number of pyridine rings is 2. The number of hydrogen-bond acceptors (Lipinski definition) is 3. The molecule has 76 valence electrons. The smallest absolute Gasteiger partial charge is 0.0427 e. The molecule has 0 aliphatic heterocycles. The summed E-state index contributed by atoms with van der Waals surface area (Å²) in [6.07, 6.45) is 5.32. The summed E-state index contributed by atoms with van der Waals surface area (Å²) in [4.78, 5) is 8.50. The third kappa shape index (κ3) is 2.77. The molecule has 0 fully saturated rings. The third-order valence-electron chi connectivity index (χ3n) is 2.20. The predicted octanol–water partition coefficient (Wildman–Crippen LogP) is 1.84. The summed E-state index contributed by atoms with van der Waals surface area (Å²) in [7, 11) is 0. The van der Waals surface area contributed by atoms with Crippen LogP contribution in [0.15, 0.2) is 42.7 Å². The van der Waals surface area contributed by atoms with Gasteiger partial charge < -0.3 is 5.73 Å². The second-order valence-corrected chi connectivity index (χ2v) is 3.40. The number of hydrogen-bond donors (Lipinski definition) is 1. The van der Waals surface area contributed by atoms with E-state index in [9.17, 15) is 0 Å². The molecule has 0 aliphatic carbocycles. The molecular formula is C12H13N3. The zero-order valence-electron chi connectivity index (χ0n) is 8.43. The highest BCUT2D eigenvalue weighted by Gasteiger charge is 1.97. The Morgan fingerprint density at radius 1 is 0.933 bits per heavy atom. The summed E-state index contributed by atoms with van der Waals surface area (Å²) in [5.41, 5.74) is 8.54. The van der Waals surface area contributed by atoms with Gasteiger partial charge in [-0.1, -0.05) is 6.07 Å². The van der Waals surface area contributed by atoms with Crippen molar-refractivity contribution in [2.24, 2.45) is 0 Å². The normalized spacial score (nSPS) is 10.1. The van der Waals surface area contributed by atoms with Crippen LogP contribution in [0.2, 0.25) is 0 Å². The summed E-state index contributed by atoms with van der Waals surface area (Å²) in [5.74, 6) is 0. The molecule has 3 nitrogen and oxygen atoms in total. The lowest BCUT2D eigenvalue weighted by molar-refractivity contribution is 0.881. The maximum absolute atomic E-state index is 5.67. The van der Waals surface area contributed by atoms with Gasteiger partial charge in [0.25, 0.3) is 0 Å². The number of nitrogens with zero attached hydrogens (tertiary/aromatic N) is 2. The largest absolute Gasteiger partial charge is 0.399 e. The van der Waals surface area contributed by atoms with Gasteiger partial charge in [0.2, 0.25) is 0 Å². The van der Waals surface area contributed by atoms with E-state index < -0.39 is 0 Å². The van der Waals surface area contributed by atoms with Crippen molar-refractivity contribution in [3.05, 3.63) is 54.1 Å². The fourth-order valence-electron chi connectivity index (χ4n) is 1.44. The molecule has 0 atom stereocenters. The van der Waals surface area contributed by atoms with Crippen LogP contribution in [-0.2, 0) is 12.8 Å². The van der Waals surface area contributed by atoms with E-state index in [1.165, 1.54) is 0 Å². The van der Waals surface area contributed by atoms with Crippen LogP contribution in [0.4, 0.5) is 5.69 Å². The highest BCUT2D eigenvalue weighted by atomic mass is 14.7. The lowest BCUT2D eigenvalue weighted by atomic mass is 10.1. The molecule has 0 amide bonds. The van der Waals surface area contributed by atoms with Crippen LogP contribution < -0.4 is 5.73 Å². The standard InChI is InChI=1S/C12H13N3/c13-10-6-8-15-12(9-10)5-4-11-3-1-2-7-14-11/h1-3,6-9H,4-5H2,(H2,13,15). The van der Waals surface area contributed by atoms with Crippen molar-refractivity contribution >= 4 is 5.69 Å². The molecule has 0 saturated heterocycles. The molecular weight excluding hydrogens is 186 g/mol. The fourth-order valence-corrected chi connectivity index (χ4v) is 1.44. The quantitative estimate of drug-likeness (QED) is 0.820. The second-order valence-electron chi connectivity index (χ2n) is 3.40. The van der Waals surface area contributed by atoms with E-state index in [-0.39, 0.29) is 0 Å². The van der Waals surface area contributed by atoms with Crippen molar-refractivity contribution in [2.75, 3.05) is 5.73 Å². The maximum Gasteiger partial charge on any atom is 0.0427 e. The zero-order chi connectivity index (χ0) is 10.5. The van der Waals surface area contributed by atoms with Gasteiger partial charge in [-0.3, -0.25) is 9.97 Å². The number of nitrogen functional groups attached to an aromatic ring is 1. The average molecular weight is 199 g/mol. The van der Waals surface area contributed by atoms with Crippen LogP contribution in [-0.4, -0.2) is 9.97 Å². The van der Waals surface area contributed by atoms with Crippen LogP contribution in [0, 0.1) is 0 Å². The molecule has 0 aromatic carbocycles. The van der Waals surface area contributed by atoms with E-state index in [1.807, 2.05) is 30.5 Å². The van der Waals surface area contributed by atoms with Gasteiger partial charge in [-0.25, -0.2) is 0 Å². The minimum Gasteiger partial charge on any atom is -0.399 e. The molecule has 2 N–H and O–H groups in total. The summed E-state index contributed by atoms with van der Waals surface area (Å²) in [5, 5.41) is 0. The van der Waals surface area contributed by atoms with Crippen LogP contribution in [0.3, 0.4) is 0 Å². The van der Waals surface area contributed by atoms with Crippen LogP contribution in [0.1, 0.15) is 11.4 Å². The molecule has 0 saturated carbocycles. The molecule has 0 bridgehead atoms. The first kappa shape index (κ1) is 9.65. The number of aromatic nitrogens is 2. The molecule has 0 unspecified atom stereocenters. The lowest BCUT2D eigenvalue weighted by Gasteiger charge is -2.01. The molecule has 3 heteroatoms. The van der Waals surface area contributed by atoms with E-state index in [2.05, 4.69) is 9.97 Å².